The van der Waals surface area contributed by atoms with Gasteiger partial charge < -0.3 is 5.32 Å². The van der Waals surface area contributed by atoms with E-state index >= 15 is 0 Å². The smallest absolute Gasteiger partial charge is 0.229 e. The molecule has 1 aromatic rings. The van der Waals surface area contributed by atoms with Crippen molar-refractivity contribution in [2.75, 3.05) is 16.3 Å². The van der Waals surface area contributed by atoms with E-state index in [0.29, 0.717) is 16.8 Å². The molecule has 112 valence electrons. The third kappa shape index (κ3) is 4.56. The lowest BCUT2D eigenvalue weighted by Gasteiger charge is -2.27. The van der Waals surface area contributed by atoms with E-state index in [9.17, 15) is 8.42 Å². The molecule has 0 heterocycles. The first-order chi connectivity index (χ1) is 9.33. The molecule has 4 nitrogen and oxygen atoms in total. The Hall–Kier alpha value is -0.940. The topological polar surface area (TPSA) is 58.2 Å². The zero-order valence-electron chi connectivity index (χ0n) is 11.8. The zero-order valence-corrected chi connectivity index (χ0v) is 13.4. The van der Waals surface area contributed by atoms with Crippen LogP contribution in [0, 0.1) is 5.92 Å². The van der Waals surface area contributed by atoms with Crippen LogP contribution in [-0.2, 0) is 10.0 Å². The summed E-state index contributed by atoms with van der Waals surface area (Å²) in [5.74, 6) is 0.818. The van der Waals surface area contributed by atoms with Crippen LogP contribution in [0.2, 0.25) is 5.02 Å². The summed E-state index contributed by atoms with van der Waals surface area (Å²) in [6, 6.07) is 5.80. The minimum atomic E-state index is -3.30. The molecule has 0 bridgehead atoms. The molecule has 0 saturated heterocycles. The molecule has 1 aliphatic rings. The van der Waals surface area contributed by atoms with Crippen molar-refractivity contribution >= 4 is 33.0 Å². The predicted molar refractivity (Wildman–Crippen MR) is 85.0 cm³/mol. The number of anilines is 2. The minimum absolute atomic E-state index is 0.407. The molecule has 0 aromatic heterocycles. The predicted octanol–water partition coefficient (Wildman–Crippen LogP) is 3.70. The van der Waals surface area contributed by atoms with E-state index in [4.69, 9.17) is 11.6 Å². The number of benzene rings is 1. The van der Waals surface area contributed by atoms with Crippen molar-refractivity contribution in [3.63, 3.8) is 0 Å². The highest BCUT2D eigenvalue weighted by molar-refractivity contribution is 7.92. The van der Waals surface area contributed by atoms with Gasteiger partial charge in [0, 0.05) is 11.7 Å². The number of halogens is 1. The van der Waals surface area contributed by atoms with Crippen molar-refractivity contribution in [1.29, 1.82) is 0 Å². The van der Waals surface area contributed by atoms with E-state index in [0.717, 1.165) is 17.9 Å². The van der Waals surface area contributed by atoms with E-state index in [1.165, 1.54) is 25.7 Å². The molecule has 0 atom stereocenters. The number of rotatable bonds is 4. The Morgan fingerprint density at radius 1 is 1.20 bits per heavy atom. The van der Waals surface area contributed by atoms with Gasteiger partial charge in [-0.05, 0) is 49.8 Å². The molecular weight excluding hydrogens is 296 g/mol. The van der Waals surface area contributed by atoms with Gasteiger partial charge in [0.25, 0.3) is 0 Å². The molecule has 1 aliphatic carbocycles. The third-order valence-corrected chi connectivity index (χ3v) is 4.55. The first-order valence-electron chi connectivity index (χ1n) is 6.87. The maximum absolute atomic E-state index is 11.2. The standard InChI is InChI=1S/C14H21ClN2O2S/c1-10-3-5-11(6-4-10)16-12-7-8-14(13(15)9-12)17-20(2,18)19/h7-11,16-17H,3-6H2,1-2H3. The Morgan fingerprint density at radius 2 is 1.85 bits per heavy atom. The van der Waals surface area contributed by atoms with Crippen molar-refractivity contribution in [3.05, 3.63) is 23.2 Å². The van der Waals surface area contributed by atoms with E-state index in [-0.39, 0.29) is 0 Å². The first kappa shape index (κ1) is 15.4. The van der Waals surface area contributed by atoms with Gasteiger partial charge >= 0.3 is 0 Å². The van der Waals surface area contributed by atoms with Gasteiger partial charge in [0.05, 0.1) is 17.0 Å². The van der Waals surface area contributed by atoms with Crippen LogP contribution in [0.25, 0.3) is 0 Å². The summed E-state index contributed by atoms with van der Waals surface area (Å²) in [5.41, 5.74) is 1.35. The second-order valence-corrected chi connectivity index (χ2v) is 7.83. The molecule has 2 rings (SSSR count). The van der Waals surface area contributed by atoms with Gasteiger partial charge in [-0.2, -0.15) is 0 Å². The van der Waals surface area contributed by atoms with Crippen LogP contribution in [0.1, 0.15) is 32.6 Å². The fraction of sp³-hybridized carbons (Fsp3) is 0.571. The van der Waals surface area contributed by atoms with Crippen LogP contribution in [-0.4, -0.2) is 20.7 Å². The summed E-state index contributed by atoms with van der Waals surface area (Å²) in [4.78, 5) is 0. The summed E-state index contributed by atoms with van der Waals surface area (Å²) < 4.78 is 24.8. The number of hydrogen-bond donors (Lipinski definition) is 2. The summed E-state index contributed by atoms with van der Waals surface area (Å²) in [7, 11) is -3.30. The van der Waals surface area contributed by atoms with Gasteiger partial charge in [-0.1, -0.05) is 18.5 Å². The third-order valence-electron chi connectivity index (χ3n) is 3.65. The van der Waals surface area contributed by atoms with E-state index in [1.807, 2.05) is 6.07 Å². The first-order valence-corrected chi connectivity index (χ1v) is 9.14. The largest absolute Gasteiger partial charge is 0.382 e. The zero-order chi connectivity index (χ0) is 14.8. The molecule has 0 unspecified atom stereocenters. The Bertz CT molecular complexity index is 567. The Labute approximate surface area is 126 Å². The van der Waals surface area contributed by atoms with E-state index in [2.05, 4.69) is 17.0 Å². The fourth-order valence-electron chi connectivity index (χ4n) is 2.53. The molecule has 1 saturated carbocycles. The van der Waals surface area contributed by atoms with Gasteiger partial charge in [0.15, 0.2) is 0 Å². The Kier molecular flexibility index (Phi) is 4.81. The monoisotopic (exact) mass is 316 g/mol. The number of hydrogen-bond acceptors (Lipinski definition) is 3. The van der Waals surface area contributed by atoms with Crippen molar-refractivity contribution < 1.29 is 8.42 Å². The van der Waals surface area contributed by atoms with Gasteiger partial charge in [-0.3, -0.25) is 4.72 Å². The summed E-state index contributed by atoms with van der Waals surface area (Å²) in [6.45, 7) is 2.29. The van der Waals surface area contributed by atoms with Gasteiger partial charge in [0.2, 0.25) is 10.0 Å². The van der Waals surface area contributed by atoms with Gasteiger partial charge in [0.1, 0.15) is 0 Å². The van der Waals surface area contributed by atoms with Crippen LogP contribution in [0.15, 0.2) is 18.2 Å². The second-order valence-electron chi connectivity index (χ2n) is 5.67. The van der Waals surface area contributed by atoms with Crippen LogP contribution < -0.4 is 10.0 Å². The quantitative estimate of drug-likeness (QED) is 0.890. The van der Waals surface area contributed by atoms with Crippen LogP contribution in [0.5, 0.6) is 0 Å². The van der Waals surface area contributed by atoms with E-state index < -0.39 is 10.0 Å². The fourth-order valence-corrected chi connectivity index (χ4v) is 3.39. The van der Waals surface area contributed by atoms with Gasteiger partial charge in [-0.15, -0.1) is 0 Å². The van der Waals surface area contributed by atoms with Crippen LogP contribution >= 0.6 is 11.6 Å². The summed E-state index contributed by atoms with van der Waals surface area (Å²) in [5, 5.41) is 3.88. The Morgan fingerprint density at radius 3 is 2.40 bits per heavy atom. The van der Waals surface area contributed by atoms with Gasteiger partial charge in [-0.25, -0.2) is 8.42 Å². The molecule has 0 amide bonds. The molecule has 6 heteroatoms. The lowest BCUT2D eigenvalue weighted by molar-refractivity contribution is 0.361. The average Bonchev–Trinajstić information content (AvgIpc) is 2.34. The van der Waals surface area contributed by atoms with Crippen molar-refractivity contribution in [1.82, 2.24) is 0 Å². The maximum atomic E-state index is 11.2. The molecule has 2 N–H and O–H groups in total. The summed E-state index contributed by atoms with van der Waals surface area (Å²) in [6.07, 6.45) is 5.95. The lowest BCUT2D eigenvalue weighted by Crippen LogP contribution is -2.25. The normalized spacial score (nSPS) is 23.4. The number of nitrogens with one attached hydrogen (secondary N) is 2. The second kappa shape index (κ2) is 6.22. The van der Waals surface area contributed by atoms with Crippen LogP contribution in [0.3, 0.4) is 0 Å². The number of sulfonamides is 1. The highest BCUT2D eigenvalue weighted by atomic mass is 35.5. The molecular formula is C14H21ClN2O2S. The SMILES string of the molecule is CC1CCC(Nc2ccc(NS(C)(=O)=O)c(Cl)c2)CC1. The lowest BCUT2D eigenvalue weighted by atomic mass is 9.87. The molecule has 1 fully saturated rings. The van der Waals surface area contributed by atoms with Crippen molar-refractivity contribution in [2.45, 2.75) is 38.6 Å². The minimum Gasteiger partial charge on any atom is -0.382 e. The van der Waals surface area contributed by atoms with Crippen molar-refractivity contribution in [2.24, 2.45) is 5.92 Å². The van der Waals surface area contributed by atoms with E-state index in [1.54, 1.807) is 12.1 Å². The molecule has 0 aliphatic heterocycles. The maximum Gasteiger partial charge on any atom is 0.229 e. The van der Waals surface area contributed by atoms with Crippen molar-refractivity contribution in [3.8, 4) is 0 Å². The molecule has 0 radical (unpaired) electrons. The molecule has 0 spiro atoms. The average molecular weight is 317 g/mol. The molecule has 1 aromatic carbocycles. The highest BCUT2D eigenvalue weighted by Gasteiger charge is 2.18. The van der Waals surface area contributed by atoms with Crippen LogP contribution in [0.4, 0.5) is 11.4 Å². The molecule has 20 heavy (non-hydrogen) atoms. The Balaban J connectivity index is 2.02. The summed E-state index contributed by atoms with van der Waals surface area (Å²) >= 11 is 6.11. The highest BCUT2D eigenvalue weighted by Crippen LogP contribution is 2.29.